The zero-order valence-electron chi connectivity index (χ0n) is 19.0. The monoisotopic (exact) mass is 456 g/mol. The highest BCUT2D eigenvalue weighted by molar-refractivity contribution is 6.33. The van der Waals surface area contributed by atoms with Crippen LogP contribution in [-0.4, -0.2) is 15.3 Å². The third kappa shape index (κ3) is 4.53. The van der Waals surface area contributed by atoms with Crippen LogP contribution in [0.25, 0.3) is 43.1 Å². The van der Waals surface area contributed by atoms with Gasteiger partial charge in [0, 0.05) is 0 Å². The van der Waals surface area contributed by atoms with E-state index >= 15 is 0 Å². The number of hydrogen-bond acceptors (Lipinski definition) is 3. The summed E-state index contributed by atoms with van der Waals surface area (Å²) in [5, 5.41) is 36.8. The van der Waals surface area contributed by atoms with Crippen LogP contribution in [0.5, 0.6) is 17.2 Å². The molecule has 3 heteroatoms. The minimum atomic E-state index is 0.169. The average Bonchev–Trinajstić information content (AvgIpc) is 2.91. The quantitative estimate of drug-likeness (QED) is 0.122. The smallest absolute Gasteiger partial charge is 0.115 e. The topological polar surface area (TPSA) is 60.7 Å². The lowest BCUT2D eigenvalue weighted by Crippen LogP contribution is -1.86. The number of fused-ring (bicyclic) bond motifs is 3. The summed E-state index contributed by atoms with van der Waals surface area (Å²) in [5.41, 5.74) is 0. The van der Waals surface area contributed by atoms with E-state index in [2.05, 4.69) is 72.8 Å². The number of aromatic hydroxyl groups is 3. The maximum Gasteiger partial charge on any atom is 0.115 e. The Morgan fingerprint density at radius 1 is 0.286 bits per heavy atom. The van der Waals surface area contributed by atoms with Gasteiger partial charge in [0.2, 0.25) is 0 Å². The van der Waals surface area contributed by atoms with Crippen molar-refractivity contribution in [3.63, 3.8) is 0 Å². The lowest BCUT2D eigenvalue weighted by atomic mass is 9.89. The summed E-state index contributed by atoms with van der Waals surface area (Å²) in [6.45, 7) is 0. The first-order valence-electron chi connectivity index (χ1n) is 11.4. The summed E-state index contributed by atoms with van der Waals surface area (Å²) in [6.07, 6.45) is 0. The fourth-order valence-corrected chi connectivity index (χ4v) is 4.44. The highest BCUT2D eigenvalue weighted by Gasteiger charge is 2.11. The van der Waals surface area contributed by atoms with Crippen molar-refractivity contribution in [3.05, 3.63) is 127 Å². The minimum Gasteiger partial charge on any atom is -0.508 e. The number of benzene rings is 7. The SMILES string of the molecule is Oc1ccc(O)cc1.Oc1ccccc1.c1ccc2c(c1)c1cccc3ccc4cccc2c4c31. The van der Waals surface area contributed by atoms with Gasteiger partial charge in [-0.25, -0.2) is 0 Å². The Morgan fingerprint density at radius 3 is 1.06 bits per heavy atom. The summed E-state index contributed by atoms with van der Waals surface area (Å²) in [6, 6.07) is 40.9. The molecule has 3 N–H and O–H groups in total. The molecular formula is C32H24O3. The second-order valence-electron chi connectivity index (χ2n) is 8.27. The summed E-state index contributed by atoms with van der Waals surface area (Å²) in [7, 11) is 0. The Kier molecular flexibility index (Phi) is 6.06. The van der Waals surface area contributed by atoms with Crippen molar-refractivity contribution >= 4 is 43.1 Å². The molecule has 0 aliphatic heterocycles. The molecule has 0 unspecified atom stereocenters. The van der Waals surface area contributed by atoms with Gasteiger partial charge in [-0.15, -0.1) is 0 Å². The van der Waals surface area contributed by atoms with Crippen molar-refractivity contribution in [2.45, 2.75) is 0 Å². The third-order valence-electron chi connectivity index (χ3n) is 6.00. The molecule has 0 atom stereocenters. The van der Waals surface area contributed by atoms with Crippen LogP contribution < -0.4 is 0 Å². The predicted molar refractivity (Wildman–Crippen MR) is 146 cm³/mol. The zero-order chi connectivity index (χ0) is 24.2. The molecule has 0 amide bonds. The number of phenols is 3. The van der Waals surface area contributed by atoms with Crippen LogP contribution in [0.1, 0.15) is 0 Å². The molecule has 0 aliphatic rings. The molecule has 170 valence electrons. The molecule has 35 heavy (non-hydrogen) atoms. The second-order valence-corrected chi connectivity index (χ2v) is 8.27. The number of para-hydroxylation sites is 1. The van der Waals surface area contributed by atoms with Crippen LogP contribution in [-0.2, 0) is 0 Å². The number of phenolic OH excluding ortho intramolecular Hbond substituents is 3. The maximum atomic E-state index is 8.65. The van der Waals surface area contributed by atoms with Crippen molar-refractivity contribution < 1.29 is 15.3 Å². The van der Waals surface area contributed by atoms with E-state index in [0.29, 0.717) is 5.75 Å². The van der Waals surface area contributed by atoms with Gasteiger partial charge in [0.25, 0.3) is 0 Å². The van der Waals surface area contributed by atoms with Crippen LogP contribution in [0.2, 0.25) is 0 Å². The third-order valence-corrected chi connectivity index (χ3v) is 6.00. The van der Waals surface area contributed by atoms with E-state index in [1.165, 1.54) is 67.4 Å². The number of rotatable bonds is 0. The summed E-state index contributed by atoms with van der Waals surface area (Å²) in [4.78, 5) is 0. The molecule has 7 aromatic carbocycles. The average molecular weight is 457 g/mol. The molecule has 0 radical (unpaired) electrons. The Labute approximate surface area is 203 Å². The Morgan fingerprint density at radius 2 is 0.657 bits per heavy atom. The van der Waals surface area contributed by atoms with Crippen LogP contribution in [0.3, 0.4) is 0 Å². The lowest BCUT2D eigenvalue weighted by Gasteiger charge is -2.14. The van der Waals surface area contributed by atoms with Gasteiger partial charge < -0.3 is 15.3 Å². The Bertz CT molecular complexity index is 1600. The molecule has 7 aromatic rings. The van der Waals surface area contributed by atoms with Crippen molar-refractivity contribution in [1.29, 1.82) is 0 Å². The first kappa shape index (κ1) is 22.1. The second kappa shape index (κ2) is 9.62. The van der Waals surface area contributed by atoms with Gasteiger partial charge in [-0.05, 0) is 79.5 Å². The van der Waals surface area contributed by atoms with Crippen LogP contribution in [0.4, 0.5) is 0 Å². The summed E-state index contributed by atoms with van der Waals surface area (Å²) in [5.74, 6) is 0.660. The molecule has 0 fully saturated rings. The largest absolute Gasteiger partial charge is 0.508 e. The molecule has 7 rings (SSSR count). The van der Waals surface area contributed by atoms with E-state index < -0.39 is 0 Å². The molecule has 0 spiro atoms. The normalized spacial score (nSPS) is 10.6. The fourth-order valence-electron chi connectivity index (χ4n) is 4.44. The van der Waals surface area contributed by atoms with Gasteiger partial charge in [-0.3, -0.25) is 0 Å². The zero-order valence-corrected chi connectivity index (χ0v) is 19.0. The van der Waals surface area contributed by atoms with E-state index in [0.717, 1.165) is 0 Å². The fraction of sp³-hybridized carbons (Fsp3) is 0. The van der Waals surface area contributed by atoms with E-state index in [4.69, 9.17) is 15.3 Å². The Hall–Kier alpha value is -4.76. The molecule has 0 heterocycles. The van der Waals surface area contributed by atoms with Gasteiger partial charge in [-0.2, -0.15) is 0 Å². The van der Waals surface area contributed by atoms with Crippen LogP contribution in [0, 0.1) is 0 Å². The molecule has 0 aromatic heterocycles. The van der Waals surface area contributed by atoms with Crippen molar-refractivity contribution in [2.24, 2.45) is 0 Å². The standard InChI is InChI=1S/C20H12.C6H6O2.C6H6O/c1-2-8-16-15(7-1)17-9-3-5-13-11-12-14-6-4-10-18(16)20(14)19(13)17;7-5-1-2-6(8)4-3-5;7-6-4-2-1-3-5-6/h1-12H;1-4,7-8H;1-5,7H. The highest BCUT2D eigenvalue weighted by atomic mass is 16.3. The summed E-state index contributed by atoms with van der Waals surface area (Å²) < 4.78 is 0. The minimum absolute atomic E-state index is 0.169. The van der Waals surface area contributed by atoms with E-state index in [9.17, 15) is 0 Å². The van der Waals surface area contributed by atoms with Crippen LogP contribution >= 0.6 is 0 Å². The van der Waals surface area contributed by atoms with Crippen molar-refractivity contribution in [2.75, 3.05) is 0 Å². The first-order chi connectivity index (χ1) is 17.1. The molecule has 0 saturated carbocycles. The van der Waals surface area contributed by atoms with Gasteiger partial charge in [0.1, 0.15) is 17.2 Å². The predicted octanol–water partition coefficient (Wildman–Crippen LogP) is 8.23. The van der Waals surface area contributed by atoms with Gasteiger partial charge >= 0.3 is 0 Å². The Balaban J connectivity index is 0.000000140. The molecule has 0 aliphatic carbocycles. The summed E-state index contributed by atoms with van der Waals surface area (Å²) >= 11 is 0. The van der Waals surface area contributed by atoms with E-state index in [-0.39, 0.29) is 11.5 Å². The van der Waals surface area contributed by atoms with Gasteiger partial charge in [0.05, 0.1) is 0 Å². The first-order valence-corrected chi connectivity index (χ1v) is 11.4. The lowest BCUT2D eigenvalue weighted by molar-refractivity contribution is 0.460. The highest BCUT2D eigenvalue weighted by Crippen LogP contribution is 2.40. The van der Waals surface area contributed by atoms with E-state index in [1.54, 1.807) is 24.3 Å². The van der Waals surface area contributed by atoms with Crippen molar-refractivity contribution in [1.82, 2.24) is 0 Å². The molecule has 0 bridgehead atoms. The molecule has 0 saturated heterocycles. The van der Waals surface area contributed by atoms with Gasteiger partial charge in [-0.1, -0.05) is 91.0 Å². The van der Waals surface area contributed by atoms with Crippen molar-refractivity contribution in [3.8, 4) is 17.2 Å². The maximum absolute atomic E-state index is 8.65. The van der Waals surface area contributed by atoms with E-state index in [1.807, 2.05) is 6.07 Å². The van der Waals surface area contributed by atoms with Gasteiger partial charge in [0.15, 0.2) is 0 Å². The molecule has 3 nitrogen and oxygen atoms in total. The van der Waals surface area contributed by atoms with Crippen LogP contribution in [0.15, 0.2) is 127 Å². The molecular weight excluding hydrogens is 432 g/mol. The number of hydrogen-bond donors (Lipinski definition) is 3.